The number of anilines is 2. The summed E-state index contributed by atoms with van der Waals surface area (Å²) in [4.78, 5) is 31.2. The van der Waals surface area contributed by atoms with Crippen LogP contribution in [0.4, 0.5) is 11.6 Å². The SMILES string of the molecule is O=C(c1ccncn1)N1CCC[C@@H](Cc2ccnc(Nc3ccccn3)c2)C1. The number of piperidine rings is 1. The summed E-state index contributed by atoms with van der Waals surface area (Å²) in [5.74, 6) is 1.95. The van der Waals surface area contributed by atoms with E-state index in [4.69, 9.17) is 0 Å². The van der Waals surface area contributed by atoms with Crippen molar-refractivity contribution >= 4 is 17.5 Å². The van der Waals surface area contributed by atoms with Crippen molar-refractivity contribution in [3.63, 3.8) is 0 Å². The molecule has 3 aromatic rings. The van der Waals surface area contributed by atoms with E-state index < -0.39 is 0 Å². The first-order chi connectivity index (χ1) is 13.8. The predicted octanol–water partition coefficient (Wildman–Crippen LogP) is 3.11. The number of aromatic nitrogens is 4. The molecule has 0 radical (unpaired) electrons. The molecule has 1 aliphatic heterocycles. The van der Waals surface area contributed by atoms with Crippen LogP contribution in [0.5, 0.6) is 0 Å². The second-order valence-corrected chi connectivity index (χ2v) is 6.95. The lowest BCUT2D eigenvalue weighted by Crippen LogP contribution is -2.40. The van der Waals surface area contributed by atoms with Crippen molar-refractivity contribution in [2.45, 2.75) is 19.3 Å². The van der Waals surface area contributed by atoms with Gasteiger partial charge in [-0.1, -0.05) is 6.07 Å². The van der Waals surface area contributed by atoms with E-state index in [1.807, 2.05) is 35.4 Å². The topological polar surface area (TPSA) is 83.9 Å². The lowest BCUT2D eigenvalue weighted by Gasteiger charge is -2.32. The minimum Gasteiger partial charge on any atom is -0.337 e. The normalized spacial score (nSPS) is 16.6. The molecule has 1 amide bonds. The number of pyridine rings is 2. The number of rotatable bonds is 5. The van der Waals surface area contributed by atoms with Gasteiger partial charge in [-0.15, -0.1) is 0 Å². The number of likely N-dealkylation sites (tertiary alicyclic amines) is 1. The first kappa shape index (κ1) is 18.0. The largest absolute Gasteiger partial charge is 0.337 e. The Kier molecular flexibility index (Phi) is 5.51. The molecule has 0 aliphatic carbocycles. The van der Waals surface area contributed by atoms with E-state index >= 15 is 0 Å². The third kappa shape index (κ3) is 4.49. The summed E-state index contributed by atoms with van der Waals surface area (Å²) in [6, 6.07) is 11.5. The summed E-state index contributed by atoms with van der Waals surface area (Å²) in [7, 11) is 0. The average Bonchev–Trinajstić information content (AvgIpc) is 2.75. The van der Waals surface area contributed by atoms with Crippen molar-refractivity contribution in [1.82, 2.24) is 24.8 Å². The van der Waals surface area contributed by atoms with Gasteiger partial charge in [0.1, 0.15) is 23.7 Å². The molecular weight excluding hydrogens is 352 g/mol. The first-order valence-electron chi connectivity index (χ1n) is 9.46. The highest BCUT2D eigenvalue weighted by Gasteiger charge is 2.25. The zero-order valence-electron chi connectivity index (χ0n) is 15.5. The van der Waals surface area contributed by atoms with Gasteiger partial charge < -0.3 is 10.2 Å². The Balaban J connectivity index is 1.40. The summed E-state index contributed by atoms with van der Waals surface area (Å²) in [6.07, 6.45) is 9.61. The van der Waals surface area contributed by atoms with E-state index in [1.54, 1.807) is 18.5 Å². The smallest absolute Gasteiger partial charge is 0.272 e. The van der Waals surface area contributed by atoms with E-state index in [0.717, 1.165) is 44.0 Å². The predicted molar refractivity (Wildman–Crippen MR) is 106 cm³/mol. The third-order valence-electron chi connectivity index (χ3n) is 4.88. The van der Waals surface area contributed by atoms with Gasteiger partial charge in [0.2, 0.25) is 0 Å². The summed E-state index contributed by atoms with van der Waals surface area (Å²) < 4.78 is 0. The Morgan fingerprint density at radius 2 is 2.00 bits per heavy atom. The van der Waals surface area contributed by atoms with Crippen LogP contribution in [0.3, 0.4) is 0 Å². The quantitative estimate of drug-likeness (QED) is 0.739. The second kappa shape index (κ2) is 8.56. The third-order valence-corrected chi connectivity index (χ3v) is 4.88. The molecule has 1 fully saturated rings. The molecule has 0 saturated carbocycles. The fourth-order valence-corrected chi connectivity index (χ4v) is 3.57. The maximum atomic E-state index is 12.7. The van der Waals surface area contributed by atoms with Crippen LogP contribution in [0.25, 0.3) is 0 Å². The van der Waals surface area contributed by atoms with Gasteiger partial charge in [0.25, 0.3) is 5.91 Å². The minimum atomic E-state index is -0.0145. The van der Waals surface area contributed by atoms with Crippen LogP contribution in [0.1, 0.15) is 28.9 Å². The van der Waals surface area contributed by atoms with Crippen LogP contribution in [-0.2, 0) is 6.42 Å². The zero-order valence-corrected chi connectivity index (χ0v) is 15.5. The van der Waals surface area contributed by atoms with Gasteiger partial charge >= 0.3 is 0 Å². The Hall–Kier alpha value is -3.35. The molecule has 1 N–H and O–H groups in total. The molecule has 1 atom stereocenters. The molecule has 0 spiro atoms. The Morgan fingerprint density at radius 1 is 1.07 bits per heavy atom. The summed E-state index contributed by atoms with van der Waals surface area (Å²) in [5.41, 5.74) is 1.66. The number of carbonyl (C=O) groups excluding carboxylic acids is 1. The number of nitrogens with one attached hydrogen (secondary N) is 1. The fourth-order valence-electron chi connectivity index (χ4n) is 3.57. The molecule has 28 heavy (non-hydrogen) atoms. The number of hydrogen-bond acceptors (Lipinski definition) is 6. The van der Waals surface area contributed by atoms with E-state index in [2.05, 4.69) is 31.3 Å². The van der Waals surface area contributed by atoms with Crippen molar-refractivity contribution in [2.75, 3.05) is 18.4 Å². The summed E-state index contributed by atoms with van der Waals surface area (Å²) in [5, 5.41) is 3.23. The van der Waals surface area contributed by atoms with E-state index in [9.17, 15) is 4.79 Å². The van der Waals surface area contributed by atoms with Crippen molar-refractivity contribution in [1.29, 1.82) is 0 Å². The highest BCUT2D eigenvalue weighted by molar-refractivity contribution is 5.92. The van der Waals surface area contributed by atoms with Crippen LogP contribution in [0, 0.1) is 5.92 Å². The van der Waals surface area contributed by atoms with Crippen LogP contribution in [0.2, 0.25) is 0 Å². The zero-order chi connectivity index (χ0) is 19.2. The molecule has 1 saturated heterocycles. The van der Waals surface area contributed by atoms with Crippen LogP contribution in [-0.4, -0.2) is 43.8 Å². The molecule has 4 heterocycles. The summed E-state index contributed by atoms with van der Waals surface area (Å²) >= 11 is 0. The van der Waals surface area contributed by atoms with Gasteiger partial charge in [-0.25, -0.2) is 19.9 Å². The van der Waals surface area contributed by atoms with Crippen LogP contribution in [0.15, 0.2) is 61.3 Å². The molecule has 0 bridgehead atoms. The monoisotopic (exact) mass is 374 g/mol. The molecule has 0 unspecified atom stereocenters. The molecule has 4 rings (SSSR count). The standard InChI is InChI=1S/C21H22N6O/c28-21(18-7-9-22-15-25-18)27-11-3-4-17(14-27)12-16-6-10-24-20(13-16)26-19-5-1-2-8-23-19/h1-2,5-10,13,15,17H,3-4,11-12,14H2,(H,23,24,26)/t17-/m0/s1. The molecule has 0 aromatic carbocycles. The lowest BCUT2D eigenvalue weighted by atomic mass is 9.91. The van der Waals surface area contributed by atoms with E-state index in [1.165, 1.54) is 11.9 Å². The van der Waals surface area contributed by atoms with Crippen molar-refractivity contribution in [3.8, 4) is 0 Å². The molecule has 7 nitrogen and oxygen atoms in total. The Bertz CT molecular complexity index is 918. The average molecular weight is 374 g/mol. The fraction of sp³-hybridized carbons (Fsp3) is 0.286. The molecule has 3 aromatic heterocycles. The molecule has 7 heteroatoms. The van der Waals surface area contributed by atoms with E-state index in [-0.39, 0.29) is 5.91 Å². The van der Waals surface area contributed by atoms with Crippen molar-refractivity contribution in [3.05, 3.63) is 72.6 Å². The number of hydrogen-bond donors (Lipinski definition) is 1. The van der Waals surface area contributed by atoms with Gasteiger partial charge in [-0.05, 0) is 61.1 Å². The van der Waals surface area contributed by atoms with Gasteiger partial charge in [0, 0.05) is 31.7 Å². The second-order valence-electron chi connectivity index (χ2n) is 6.95. The highest BCUT2D eigenvalue weighted by Crippen LogP contribution is 2.23. The Morgan fingerprint density at radius 3 is 2.82 bits per heavy atom. The van der Waals surface area contributed by atoms with Gasteiger partial charge in [0.05, 0.1) is 0 Å². The highest BCUT2D eigenvalue weighted by atomic mass is 16.2. The van der Waals surface area contributed by atoms with E-state index in [0.29, 0.717) is 11.6 Å². The Labute approximate surface area is 163 Å². The van der Waals surface area contributed by atoms with Crippen LogP contribution >= 0.6 is 0 Å². The molecule has 142 valence electrons. The lowest BCUT2D eigenvalue weighted by molar-refractivity contribution is 0.0667. The maximum absolute atomic E-state index is 12.7. The van der Waals surface area contributed by atoms with Gasteiger partial charge in [-0.2, -0.15) is 0 Å². The molecule has 1 aliphatic rings. The van der Waals surface area contributed by atoms with Crippen LogP contribution < -0.4 is 5.32 Å². The van der Waals surface area contributed by atoms with Gasteiger partial charge in [0.15, 0.2) is 0 Å². The van der Waals surface area contributed by atoms with Crippen molar-refractivity contribution in [2.24, 2.45) is 5.92 Å². The maximum Gasteiger partial charge on any atom is 0.272 e. The first-order valence-corrected chi connectivity index (χ1v) is 9.46. The number of amides is 1. The minimum absolute atomic E-state index is 0.0145. The van der Waals surface area contributed by atoms with Gasteiger partial charge in [-0.3, -0.25) is 4.79 Å². The summed E-state index contributed by atoms with van der Waals surface area (Å²) in [6.45, 7) is 1.52. The number of carbonyl (C=O) groups is 1. The number of nitrogens with zero attached hydrogens (tertiary/aromatic N) is 5. The van der Waals surface area contributed by atoms with Crippen molar-refractivity contribution < 1.29 is 4.79 Å². The molecular formula is C21H22N6O.